The molecule has 3 aliphatic rings. The third kappa shape index (κ3) is 5.24. The van der Waals surface area contributed by atoms with E-state index < -0.39 is 24.2 Å². The quantitative estimate of drug-likeness (QED) is 0.233. The fourth-order valence-electron chi connectivity index (χ4n) is 6.02. The summed E-state index contributed by atoms with van der Waals surface area (Å²) >= 11 is 0. The number of nitrogens with one attached hydrogen (secondary N) is 3. The number of carbonyl (C=O) groups is 3. The van der Waals surface area contributed by atoms with Gasteiger partial charge in [0.15, 0.2) is 12.2 Å². The van der Waals surface area contributed by atoms with Crippen molar-refractivity contribution in [3.05, 3.63) is 95.1 Å². The van der Waals surface area contributed by atoms with Crippen molar-refractivity contribution in [2.45, 2.75) is 62.4 Å². The van der Waals surface area contributed by atoms with Gasteiger partial charge in [0.25, 0.3) is 11.8 Å². The summed E-state index contributed by atoms with van der Waals surface area (Å²) < 4.78 is 5.48. The highest BCUT2D eigenvalue weighted by atomic mass is 16.6. The zero-order valence-electron chi connectivity index (χ0n) is 22.3. The van der Waals surface area contributed by atoms with Crippen LogP contribution in [0, 0.1) is 0 Å². The van der Waals surface area contributed by atoms with Crippen molar-refractivity contribution < 1.29 is 19.1 Å². The van der Waals surface area contributed by atoms with Gasteiger partial charge in [-0.1, -0.05) is 72.8 Å². The molecule has 3 aromatic rings. The molecule has 1 aliphatic heterocycles. The Balaban J connectivity index is 1.09. The van der Waals surface area contributed by atoms with Crippen LogP contribution in [0.1, 0.15) is 47.6 Å². The molecule has 1 heterocycles. The minimum atomic E-state index is -0.901. The molecule has 0 saturated carbocycles. The van der Waals surface area contributed by atoms with Gasteiger partial charge in [-0.2, -0.15) is 0 Å². The highest BCUT2D eigenvalue weighted by Gasteiger charge is 2.51. The molecule has 5 N–H and O–H groups in total. The Hall–Kier alpha value is -4.01. The van der Waals surface area contributed by atoms with E-state index in [1.807, 2.05) is 48.5 Å². The lowest BCUT2D eigenvalue weighted by Crippen LogP contribution is -2.49. The van der Waals surface area contributed by atoms with Gasteiger partial charge < -0.3 is 26.4 Å². The topological polar surface area (TPSA) is 126 Å². The summed E-state index contributed by atoms with van der Waals surface area (Å²) in [6, 6.07) is 23.1. The van der Waals surface area contributed by atoms with Crippen molar-refractivity contribution in [2.24, 2.45) is 5.73 Å². The van der Waals surface area contributed by atoms with Crippen molar-refractivity contribution in [2.75, 3.05) is 6.54 Å². The summed E-state index contributed by atoms with van der Waals surface area (Å²) in [6.45, 7) is 0.505. The first-order chi connectivity index (χ1) is 19.5. The zero-order chi connectivity index (χ0) is 27.6. The van der Waals surface area contributed by atoms with Crippen LogP contribution in [0.5, 0.6) is 0 Å². The van der Waals surface area contributed by atoms with E-state index >= 15 is 0 Å². The molecule has 0 unspecified atom stereocenters. The smallest absolute Gasteiger partial charge is 0.253 e. The molecule has 1 saturated heterocycles. The standard InChI is InChI=1S/C32H34N4O4/c33-16-8-7-15-26(30(37)36-27-24-13-5-3-11-22(24)23-12-4-6-14-25(23)27)35-32(39)29-28(40-29)31(38)34-21-17-19-9-1-2-10-20(19)18-21/h1-6,9-14,21,26-29H,7-8,15-18,33H2,(H,34,38)(H,35,39)(H,36,37)/t26-,28-,29-/m0/s1. The largest absolute Gasteiger partial charge is 0.350 e. The second kappa shape index (κ2) is 11.2. The van der Waals surface area contributed by atoms with E-state index in [4.69, 9.17) is 10.5 Å². The number of ether oxygens (including phenoxy) is 1. The van der Waals surface area contributed by atoms with E-state index in [1.165, 1.54) is 11.1 Å². The fourth-order valence-corrected chi connectivity index (χ4v) is 6.02. The van der Waals surface area contributed by atoms with Gasteiger partial charge in [-0.25, -0.2) is 0 Å². The summed E-state index contributed by atoms with van der Waals surface area (Å²) in [5.74, 6) is -1.01. The summed E-state index contributed by atoms with van der Waals surface area (Å²) in [4.78, 5) is 39.5. The molecule has 1 fully saturated rings. The predicted octanol–water partition coefficient (Wildman–Crippen LogP) is 2.54. The normalized spacial score (nSPS) is 19.7. The first-order valence-corrected chi connectivity index (χ1v) is 14.0. The van der Waals surface area contributed by atoms with Gasteiger partial charge in [0.2, 0.25) is 5.91 Å². The third-order valence-electron chi connectivity index (χ3n) is 8.11. The number of amides is 3. The average molecular weight is 539 g/mol. The molecule has 3 aromatic carbocycles. The van der Waals surface area contributed by atoms with Gasteiger partial charge in [-0.15, -0.1) is 0 Å². The van der Waals surface area contributed by atoms with Crippen LogP contribution in [0.3, 0.4) is 0 Å². The van der Waals surface area contributed by atoms with Crippen molar-refractivity contribution in [1.82, 2.24) is 16.0 Å². The Morgan fingerprint density at radius 2 is 1.35 bits per heavy atom. The SMILES string of the molecule is NCCCC[C@H](NC(=O)[C@H]1O[C@@H]1C(=O)NC1Cc2ccccc2C1)C(=O)NC1c2ccccc2-c2ccccc21. The molecule has 0 radical (unpaired) electrons. The van der Waals surface area contributed by atoms with Crippen LogP contribution < -0.4 is 21.7 Å². The maximum Gasteiger partial charge on any atom is 0.253 e. The first kappa shape index (κ1) is 26.2. The Kier molecular flexibility index (Phi) is 7.36. The maximum atomic E-state index is 13.6. The van der Waals surface area contributed by atoms with Crippen LogP contribution in [0.4, 0.5) is 0 Å². The molecule has 8 nitrogen and oxygen atoms in total. The number of nitrogens with two attached hydrogens (primary N) is 1. The minimum Gasteiger partial charge on any atom is -0.350 e. The number of fused-ring (bicyclic) bond motifs is 4. The van der Waals surface area contributed by atoms with E-state index in [9.17, 15) is 14.4 Å². The second-order valence-corrected chi connectivity index (χ2v) is 10.8. The average Bonchev–Trinajstić information content (AvgIpc) is 3.59. The Bertz CT molecular complexity index is 1370. The Morgan fingerprint density at radius 3 is 1.98 bits per heavy atom. The van der Waals surface area contributed by atoms with E-state index in [0.29, 0.717) is 19.4 Å². The highest BCUT2D eigenvalue weighted by molar-refractivity contribution is 5.97. The third-order valence-corrected chi connectivity index (χ3v) is 8.11. The molecule has 206 valence electrons. The summed E-state index contributed by atoms with van der Waals surface area (Å²) in [5.41, 5.74) is 12.4. The molecule has 2 aliphatic carbocycles. The summed E-state index contributed by atoms with van der Waals surface area (Å²) in [7, 11) is 0. The molecular weight excluding hydrogens is 504 g/mol. The van der Waals surface area contributed by atoms with Crippen LogP contribution in [0.2, 0.25) is 0 Å². The van der Waals surface area contributed by atoms with E-state index in [1.54, 1.807) is 0 Å². The number of epoxide rings is 1. The van der Waals surface area contributed by atoms with Gasteiger partial charge in [-0.3, -0.25) is 14.4 Å². The maximum absolute atomic E-state index is 13.6. The molecule has 0 bridgehead atoms. The number of carbonyl (C=O) groups excluding carboxylic acids is 3. The van der Waals surface area contributed by atoms with Crippen molar-refractivity contribution in [1.29, 1.82) is 0 Å². The van der Waals surface area contributed by atoms with Crippen molar-refractivity contribution in [3.63, 3.8) is 0 Å². The molecule has 3 atom stereocenters. The zero-order valence-corrected chi connectivity index (χ0v) is 22.3. The Labute approximate surface area is 233 Å². The number of unbranched alkanes of at least 4 members (excludes halogenated alkanes) is 1. The number of hydrogen-bond donors (Lipinski definition) is 4. The molecular formula is C32H34N4O4. The predicted molar refractivity (Wildman–Crippen MR) is 151 cm³/mol. The van der Waals surface area contributed by atoms with Gasteiger partial charge in [0.05, 0.1) is 6.04 Å². The molecule has 0 aromatic heterocycles. The number of hydrogen-bond acceptors (Lipinski definition) is 5. The first-order valence-electron chi connectivity index (χ1n) is 14.0. The molecule has 6 rings (SSSR count). The number of benzene rings is 3. The van der Waals surface area contributed by atoms with Gasteiger partial charge >= 0.3 is 0 Å². The van der Waals surface area contributed by atoms with Gasteiger partial charge in [-0.05, 0) is 72.0 Å². The number of rotatable bonds is 10. The van der Waals surface area contributed by atoms with Crippen LogP contribution >= 0.6 is 0 Å². The molecule has 3 amide bonds. The van der Waals surface area contributed by atoms with E-state index in [2.05, 4.69) is 40.2 Å². The molecule has 40 heavy (non-hydrogen) atoms. The minimum absolute atomic E-state index is 0.00947. The summed E-state index contributed by atoms with van der Waals surface area (Å²) in [6.07, 6.45) is 1.65. The van der Waals surface area contributed by atoms with E-state index in [0.717, 1.165) is 41.5 Å². The fraction of sp³-hybridized carbons (Fsp3) is 0.344. The lowest BCUT2D eigenvalue weighted by Gasteiger charge is -2.22. The van der Waals surface area contributed by atoms with Crippen LogP contribution in [0.15, 0.2) is 72.8 Å². The van der Waals surface area contributed by atoms with Gasteiger partial charge in [0, 0.05) is 6.04 Å². The monoisotopic (exact) mass is 538 g/mol. The van der Waals surface area contributed by atoms with Crippen molar-refractivity contribution >= 4 is 17.7 Å². The molecule has 8 heteroatoms. The lowest BCUT2D eigenvalue weighted by molar-refractivity contribution is -0.130. The van der Waals surface area contributed by atoms with Crippen molar-refractivity contribution in [3.8, 4) is 11.1 Å². The summed E-state index contributed by atoms with van der Waals surface area (Å²) in [5, 5.41) is 9.04. The second-order valence-electron chi connectivity index (χ2n) is 10.8. The van der Waals surface area contributed by atoms with Crippen LogP contribution in [0.25, 0.3) is 11.1 Å². The van der Waals surface area contributed by atoms with Crippen LogP contribution in [-0.2, 0) is 32.0 Å². The highest BCUT2D eigenvalue weighted by Crippen LogP contribution is 2.43. The molecule has 0 spiro atoms. The Morgan fingerprint density at radius 1 is 0.775 bits per heavy atom. The van der Waals surface area contributed by atoms with E-state index in [-0.39, 0.29) is 23.9 Å². The lowest BCUT2D eigenvalue weighted by atomic mass is 10.0. The van der Waals surface area contributed by atoms with Gasteiger partial charge in [0.1, 0.15) is 6.04 Å². The van der Waals surface area contributed by atoms with Crippen LogP contribution in [-0.4, -0.2) is 48.6 Å².